The van der Waals surface area contributed by atoms with E-state index in [0.717, 1.165) is 17.2 Å². The Hall–Kier alpha value is -1.58. The van der Waals surface area contributed by atoms with Gasteiger partial charge in [-0.25, -0.2) is 4.99 Å². The Morgan fingerprint density at radius 3 is 3.18 bits per heavy atom. The standard InChI is InChI=1S/C7H8N4/c1-5-9-7-4-8-3-2-6(7)11-10-5/h2-4,11H,1H3,(H,9,10). The maximum absolute atomic E-state index is 4.23. The molecule has 1 aliphatic heterocycles. The fourth-order valence-corrected chi connectivity index (χ4v) is 0.947. The molecule has 0 spiro atoms. The maximum Gasteiger partial charge on any atom is 0.118 e. The van der Waals surface area contributed by atoms with Crippen LogP contribution in [-0.2, 0) is 0 Å². The number of nitrogens with one attached hydrogen (secondary N) is 2. The zero-order valence-corrected chi connectivity index (χ0v) is 6.13. The van der Waals surface area contributed by atoms with Crippen LogP contribution in [0.25, 0.3) is 0 Å². The van der Waals surface area contributed by atoms with Crippen LogP contribution in [0, 0.1) is 0 Å². The fraction of sp³-hybridized carbons (Fsp3) is 0.143. The molecule has 0 aromatic carbocycles. The molecule has 2 heterocycles. The lowest BCUT2D eigenvalue weighted by molar-refractivity contribution is 1.07. The van der Waals surface area contributed by atoms with Crippen molar-refractivity contribution in [2.24, 2.45) is 4.99 Å². The Bertz CT molecular complexity index is 305. The second-order valence-electron chi connectivity index (χ2n) is 2.34. The van der Waals surface area contributed by atoms with Gasteiger partial charge in [0, 0.05) is 6.20 Å². The topological polar surface area (TPSA) is 49.3 Å². The van der Waals surface area contributed by atoms with Gasteiger partial charge in [0.15, 0.2) is 0 Å². The van der Waals surface area contributed by atoms with E-state index in [1.807, 2.05) is 13.0 Å². The molecule has 2 N–H and O–H groups in total. The van der Waals surface area contributed by atoms with Crippen LogP contribution in [0.15, 0.2) is 23.5 Å². The van der Waals surface area contributed by atoms with Crippen LogP contribution < -0.4 is 10.9 Å². The van der Waals surface area contributed by atoms with Gasteiger partial charge in [-0.1, -0.05) is 0 Å². The van der Waals surface area contributed by atoms with Crippen molar-refractivity contribution in [1.29, 1.82) is 0 Å². The minimum absolute atomic E-state index is 0.852. The number of nitrogens with zero attached hydrogens (tertiary/aromatic N) is 2. The van der Waals surface area contributed by atoms with E-state index in [2.05, 4.69) is 20.8 Å². The molecule has 1 aromatic heterocycles. The lowest BCUT2D eigenvalue weighted by Crippen LogP contribution is -2.29. The summed E-state index contributed by atoms with van der Waals surface area (Å²) in [6.07, 6.45) is 3.45. The summed E-state index contributed by atoms with van der Waals surface area (Å²) in [5.41, 5.74) is 7.74. The van der Waals surface area contributed by atoms with Crippen molar-refractivity contribution in [2.45, 2.75) is 6.92 Å². The van der Waals surface area contributed by atoms with Crippen molar-refractivity contribution in [3.63, 3.8) is 0 Å². The molecule has 1 aromatic rings. The summed E-state index contributed by atoms with van der Waals surface area (Å²) in [4.78, 5) is 8.18. The van der Waals surface area contributed by atoms with Gasteiger partial charge in [0.2, 0.25) is 0 Å². The minimum atomic E-state index is 0.852. The van der Waals surface area contributed by atoms with E-state index in [9.17, 15) is 0 Å². The molecule has 2 rings (SSSR count). The third kappa shape index (κ3) is 1.02. The van der Waals surface area contributed by atoms with Crippen LogP contribution in [0.4, 0.5) is 11.4 Å². The van der Waals surface area contributed by atoms with Crippen LogP contribution in [0.1, 0.15) is 6.92 Å². The predicted octanol–water partition coefficient (Wildman–Crippen LogP) is 1.06. The van der Waals surface area contributed by atoms with Crippen molar-refractivity contribution >= 4 is 17.2 Å². The number of hydrazine groups is 1. The molecule has 0 unspecified atom stereocenters. The minimum Gasteiger partial charge on any atom is -0.298 e. The van der Waals surface area contributed by atoms with Crippen molar-refractivity contribution in [3.05, 3.63) is 18.5 Å². The van der Waals surface area contributed by atoms with Crippen molar-refractivity contribution < 1.29 is 0 Å². The number of amidine groups is 1. The molecule has 0 radical (unpaired) electrons. The summed E-state index contributed by atoms with van der Waals surface area (Å²) in [5.74, 6) is 0.852. The van der Waals surface area contributed by atoms with Gasteiger partial charge in [-0.15, -0.1) is 0 Å². The smallest absolute Gasteiger partial charge is 0.118 e. The summed E-state index contributed by atoms with van der Waals surface area (Å²) in [7, 11) is 0. The van der Waals surface area contributed by atoms with Gasteiger partial charge < -0.3 is 0 Å². The molecule has 0 atom stereocenters. The van der Waals surface area contributed by atoms with E-state index in [1.54, 1.807) is 12.4 Å². The van der Waals surface area contributed by atoms with E-state index in [0.29, 0.717) is 0 Å². The third-order valence-corrected chi connectivity index (χ3v) is 1.47. The Kier molecular flexibility index (Phi) is 1.25. The highest BCUT2D eigenvalue weighted by atomic mass is 15.4. The Balaban J connectivity index is 2.51. The largest absolute Gasteiger partial charge is 0.298 e. The lowest BCUT2D eigenvalue weighted by Gasteiger charge is -2.15. The molecule has 4 heteroatoms. The summed E-state index contributed by atoms with van der Waals surface area (Å²) in [6.45, 7) is 1.89. The normalized spacial score (nSPS) is 14.1. The highest BCUT2D eigenvalue weighted by molar-refractivity contribution is 5.88. The van der Waals surface area contributed by atoms with Gasteiger partial charge in [-0.2, -0.15) is 0 Å². The quantitative estimate of drug-likeness (QED) is 0.578. The monoisotopic (exact) mass is 148 g/mol. The second kappa shape index (κ2) is 2.23. The van der Waals surface area contributed by atoms with Crippen LogP contribution in [0.2, 0.25) is 0 Å². The van der Waals surface area contributed by atoms with Crippen molar-refractivity contribution in [3.8, 4) is 0 Å². The van der Waals surface area contributed by atoms with E-state index >= 15 is 0 Å². The first-order valence-electron chi connectivity index (χ1n) is 3.37. The first-order valence-corrected chi connectivity index (χ1v) is 3.37. The Labute approximate surface area is 64.3 Å². The molecule has 0 aliphatic carbocycles. The molecule has 0 saturated carbocycles. The van der Waals surface area contributed by atoms with E-state index in [1.165, 1.54) is 0 Å². The average molecular weight is 148 g/mol. The molecule has 56 valence electrons. The number of aromatic nitrogens is 1. The SMILES string of the molecule is CC1=Nc2cnccc2NN1. The van der Waals surface area contributed by atoms with E-state index in [-0.39, 0.29) is 0 Å². The summed E-state index contributed by atoms with van der Waals surface area (Å²) >= 11 is 0. The first-order chi connectivity index (χ1) is 5.36. The number of rotatable bonds is 0. The van der Waals surface area contributed by atoms with Crippen molar-refractivity contribution in [2.75, 3.05) is 5.43 Å². The van der Waals surface area contributed by atoms with E-state index in [4.69, 9.17) is 0 Å². The van der Waals surface area contributed by atoms with Crippen LogP contribution >= 0.6 is 0 Å². The zero-order valence-electron chi connectivity index (χ0n) is 6.13. The van der Waals surface area contributed by atoms with Crippen LogP contribution in [-0.4, -0.2) is 10.8 Å². The van der Waals surface area contributed by atoms with Gasteiger partial charge in [-0.05, 0) is 13.0 Å². The molecule has 0 saturated heterocycles. The predicted molar refractivity (Wildman–Crippen MR) is 43.8 cm³/mol. The Morgan fingerprint density at radius 2 is 2.27 bits per heavy atom. The molecular formula is C7H8N4. The number of anilines is 1. The number of hydrogen-bond acceptors (Lipinski definition) is 4. The molecular weight excluding hydrogens is 140 g/mol. The number of hydrogen-bond donors (Lipinski definition) is 2. The zero-order chi connectivity index (χ0) is 7.68. The molecule has 11 heavy (non-hydrogen) atoms. The van der Waals surface area contributed by atoms with E-state index < -0.39 is 0 Å². The highest BCUT2D eigenvalue weighted by Crippen LogP contribution is 2.23. The number of aliphatic imine (C=N–C) groups is 1. The number of pyridine rings is 1. The summed E-state index contributed by atoms with van der Waals surface area (Å²) < 4.78 is 0. The fourth-order valence-electron chi connectivity index (χ4n) is 0.947. The second-order valence-corrected chi connectivity index (χ2v) is 2.34. The summed E-state index contributed by atoms with van der Waals surface area (Å²) in [6, 6.07) is 1.87. The molecule has 0 fully saturated rings. The van der Waals surface area contributed by atoms with Crippen LogP contribution in [0.5, 0.6) is 0 Å². The molecule has 0 bridgehead atoms. The van der Waals surface area contributed by atoms with Gasteiger partial charge in [0.25, 0.3) is 0 Å². The van der Waals surface area contributed by atoms with Gasteiger partial charge in [0.05, 0.1) is 11.9 Å². The van der Waals surface area contributed by atoms with Gasteiger partial charge >= 0.3 is 0 Å². The van der Waals surface area contributed by atoms with Crippen LogP contribution in [0.3, 0.4) is 0 Å². The molecule has 1 aliphatic rings. The average Bonchev–Trinajstić information content (AvgIpc) is 2.04. The number of fused-ring (bicyclic) bond motifs is 1. The lowest BCUT2D eigenvalue weighted by atomic mass is 10.3. The van der Waals surface area contributed by atoms with Gasteiger partial charge in [0.1, 0.15) is 11.5 Å². The summed E-state index contributed by atoms with van der Waals surface area (Å²) in [5, 5.41) is 0. The first kappa shape index (κ1) is 6.15. The highest BCUT2D eigenvalue weighted by Gasteiger charge is 2.05. The molecule has 0 amide bonds. The third-order valence-electron chi connectivity index (χ3n) is 1.47. The van der Waals surface area contributed by atoms with Gasteiger partial charge in [-0.3, -0.25) is 15.8 Å². The Morgan fingerprint density at radius 1 is 1.36 bits per heavy atom. The molecule has 4 nitrogen and oxygen atoms in total. The maximum atomic E-state index is 4.23. The van der Waals surface area contributed by atoms with Crippen molar-refractivity contribution in [1.82, 2.24) is 10.4 Å².